The molecular formula is C20H24N2O4. The summed E-state index contributed by atoms with van der Waals surface area (Å²) in [5.74, 6) is 7.18. The van der Waals surface area contributed by atoms with Crippen LogP contribution in [-0.2, 0) is 5.41 Å². The Morgan fingerprint density at radius 3 is 2.42 bits per heavy atom. The molecule has 1 aliphatic heterocycles. The highest BCUT2D eigenvalue weighted by Gasteiger charge is 2.32. The van der Waals surface area contributed by atoms with E-state index in [0.29, 0.717) is 22.8 Å². The molecule has 1 aliphatic rings. The van der Waals surface area contributed by atoms with Crippen LogP contribution in [0.5, 0.6) is 23.0 Å². The van der Waals surface area contributed by atoms with Crippen molar-refractivity contribution in [3.8, 4) is 23.0 Å². The molecule has 4 N–H and O–H groups in total. The molecular weight excluding hydrogens is 332 g/mol. The van der Waals surface area contributed by atoms with E-state index in [-0.39, 0.29) is 24.2 Å². The van der Waals surface area contributed by atoms with Crippen LogP contribution in [0.1, 0.15) is 50.3 Å². The van der Waals surface area contributed by atoms with Crippen molar-refractivity contribution >= 4 is 5.71 Å². The Morgan fingerprint density at radius 1 is 1.08 bits per heavy atom. The zero-order chi connectivity index (χ0) is 19.1. The minimum Gasteiger partial charge on any atom is -0.508 e. The van der Waals surface area contributed by atoms with Gasteiger partial charge in [-0.25, -0.2) is 0 Å². The van der Waals surface area contributed by atoms with Crippen molar-refractivity contribution in [1.29, 1.82) is 0 Å². The molecule has 6 nitrogen and oxygen atoms in total. The van der Waals surface area contributed by atoms with Crippen LogP contribution < -0.4 is 15.3 Å². The Hall–Kier alpha value is -2.89. The number of phenolic OH excluding ortho intramolecular Hbond substituents is 2. The van der Waals surface area contributed by atoms with Gasteiger partial charge in [0.05, 0.1) is 5.71 Å². The lowest BCUT2D eigenvalue weighted by molar-refractivity contribution is 0.174. The number of ether oxygens (including phenoxy) is 2. The van der Waals surface area contributed by atoms with Crippen LogP contribution in [0.15, 0.2) is 35.4 Å². The van der Waals surface area contributed by atoms with Gasteiger partial charge in [-0.15, -0.1) is 0 Å². The fourth-order valence-corrected chi connectivity index (χ4v) is 3.24. The topological polar surface area (TPSA) is 97.3 Å². The monoisotopic (exact) mass is 356 g/mol. The van der Waals surface area contributed by atoms with E-state index < -0.39 is 5.41 Å². The van der Waals surface area contributed by atoms with Crippen molar-refractivity contribution in [1.82, 2.24) is 0 Å². The molecule has 0 aliphatic carbocycles. The number of hydrogen-bond donors (Lipinski definition) is 3. The van der Waals surface area contributed by atoms with Crippen LogP contribution >= 0.6 is 0 Å². The Labute approximate surface area is 152 Å². The SMILES string of the molecule is CC(C)c1cc(/C(=N/N)C(C)(C)c2ccc3c(c2)OCO3)c(O)cc1O. The number of hydrogen-bond acceptors (Lipinski definition) is 6. The van der Waals surface area contributed by atoms with Crippen molar-refractivity contribution in [2.45, 2.75) is 39.0 Å². The number of benzene rings is 2. The lowest BCUT2D eigenvalue weighted by Gasteiger charge is -2.28. The number of nitrogens with zero attached hydrogens (tertiary/aromatic N) is 1. The first-order chi connectivity index (χ1) is 12.3. The fraction of sp³-hybridized carbons (Fsp3) is 0.350. The van der Waals surface area contributed by atoms with Crippen LogP contribution in [-0.4, -0.2) is 22.7 Å². The first-order valence-electron chi connectivity index (χ1n) is 8.50. The highest BCUT2D eigenvalue weighted by molar-refractivity contribution is 6.09. The molecule has 0 aromatic heterocycles. The van der Waals surface area contributed by atoms with E-state index in [9.17, 15) is 10.2 Å². The van der Waals surface area contributed by atoms with E-state index in [1.165, 1.54) is 6.07 Å². The summed E-state index contributed by atoms with van der Waals surface area (Å²) in [7, 11) is 0. The second-order valence-electron chi connectivity index (χ2n) is 7.25. The number of phenols is 2. The number of fused-ring (bicyclic) bond motifs is 1. The predicted molar refractivity (Wildman–Crippen MR) is 100 cm³/mol. The molecule has 2 aromatic carbocycles. The van der Waals surface area contributed by atoms with Gasteiger partial charge in [-0.05, 0) is 35.2 Å². The third-order valence-electron chi connectivity index (χ3n) is 4.84. The molecule has 0 unspecified atom stereocenters. The molecule has 0 saturated carbocycles. The normalized spacial score (nSPS) is 14.1. The summed E-state index contributed by atoms with van der Waals surface area (Å²) < 4.78 is 10.8. The van der Waals surface area contributed by atoms with Crippen LogP contribution in [0.3, 0.4) is 0 Å². The Bertz CT molecular complexity index is 872. The average molecular weight is 356 g/mol. The van der Waals surface area contributed by atoms with Gasteiger partial charge in [-0.3, -0.25) is 0 Å². The molecule has 0 bridgehead atoms. The summed E-state index contributed by atoms with van der Waals surface area (Å²) in [5, 5.41) is 24.5. The van der Waals surface area contributed by atoms with Crippen molar-refractivity contribution in [3.05, 3.63) is 47.0 Å². The molecule has 0 atom stereocenters. The van der Waals surface area contributed by atoms with Crippen molar-refractivity contribution in [2.24, 2.45) is 10.9 Å². The van der Waals surface area contributed by atoms with Gasteiger partial charge in [0.2, 0.25) is 6.79 Å². The summed E-state index contributed by atoms with van der Waals surface area (Å²) >= 11 is 0. The molecule has 138 valence electrons. The maximum atomic E-state index is 10.4. The van der Waals surface area contributed by atoms with Crippen LogP contribution in [0, 0.1) is 0 Å². The van der Waals surface area contributed by atoms with E-state index in [0.717, 1.165) is 11.1 Å². The van der Waals surface area contributed by atoms with E-state index in [2.05, 4.69) is 5.10 Å². The smallest absolute Gasteiger partial charge is 0.231 e. The lowest BCUT2D eigenvalue weighted by Crippen LogP contribution is -2.31. The van der Waals surface area contributed by atoms with E-state index in [1.54, 1.807) is 6.07 Å². The largest absolute Gasteiger partial charge is 0.508 e. The number of nitrogens with two attached hydrogens (primary N) is 1. The molecule has 0 saturated heterocycles. The minimum atomic E-state index is -0.613. The maximum absolute atomic E-state index is 10.4. The van der Waals surface area contributed by atoms with E-state index in [1.807, 2.05) is 45.9 Å². The molecule has 1 heterocycles. The second kappa shape index (κ2) is 6.44. The first-order valence-corrected chi connectivity index (χ1v) is 8.50. The molecule has 3 rings (SSSR count). The maximum Gasteiger partial charge on any atom is 0.231 e. The average Bonchev–Trinajstić information content (AvgIpc) is 3.04. The van der Waals surface area contributed by atoms with Crippen LogP contribution in [0.25, 0.3) is 0 Å². The summed E-state index contributed by atoms with van der Waals surface area (Å²) in [5.41, 5.74) is 2.04. The van der Waals surface area contributed by atoms with Gasteiger partial charge in [0.1, 0.15) is 11.5 Å². The summed E-state index contributed by atoms with van der Waals surface area (Å²) in [6, 6.07) is 8.76. The van der Waals surface area contributed by atoms with Gasteiger partial charge < -0.3 is 25.5 Å². The lowest BCUT2D eigenvalue weighted by atomic mass is 9.76. The highest BCUT2D eigenvalue weighted by atomic mass is 16.7. The van der Waals surface area contributed by atoms with Gasteiger partial charge in [0.15, 0.2) is 11.5 Å². The second-order valence-corrected chi connectivity index (χ2v) is 7.25. The summed E-state index contributed by atoms with van der Waals surface area (Å²) in [4.78, 5) is 0. The molecule has 0 spiro atoms. The van der Waals surface area contributed by atoms with Crippen molar-refractivity contribution < 1.29 is 19.7 Å². The highest BCUT2D eigenvalue weighted by Crippen LogP contribution is 2.40. The molecule has 26 heavy (non-hydrogen) atoms. The third-order valence-corrected chi connectivity index (χ3v) is 4.84. The summed E-state index contributed by atoms with van der Waals surface area (Å²) in [6.07, 6.45) is 0. The van der Waals surface area contributed by atoms with E-state index >= 15 is 0 Å². The molecule has 0 fully saturated rings. The minimum absolute atomic E-state index is 0.0542. The van der Waals surface area contributed by atoms with Gasteiger partial charge in [0, 0.05) is 17.0 Å². The quantitative estimate of drug-likeness (QED) is 0.442. The summed E-state index contributed by atoms with van der Waals surface area (Å²) in [6.45, 7) is 8.08. The first kappa shape index (κ1) is 17.9. The Balaban J connectivity index is 2.10. The Morgan fingerprint density at radius 2 is 1.77 bits per heavy atom. The molecule has 0 radical (unpaired) electrons. The van der Waals surface area contributed by atoms with Crippen LogP contribution in [0.4, 0.5) is 0 Å². The standard InChI is InChI=1S/C20H24N2O4/c1-11(2)13-8-14(16(24)9-15(13)23)19(22-21)20(3,4)12-5-6-17-18(7-12)26-10-25-17/h5-9,11,23-24H,10,21H2,1-4H3/b22-19-. The van der Waals surface area contributed by atoms with Gasteiger partial charge in [0.25, 0.3) is 0 Å². The van der Waals surface area contributed by atoms with Gasteiger partial charge >= 0.3 is 0 Å². The number of hydrazone groups is 1. The zero-order valence-electron chi connectivity index (χ0n) is 15.4. The number of rotatable bonds is 4. The van der Waals surface area contributed by atoms with Crippen molar-refractivity contribution in [2.75, 3.05) is 6.79 Å². The Kier molecular flexibility index (Phi) is 4.44. The molecule has 0 amide bonds. The van der Waals surface area contributed by atoms with E-state index in [4.69, 9.17) is 15.3 Å². The van der Waals surface area contributed by atoms with Gasteiger partial charge in [-0.2, -0.15) is 5.10 Å². The zero-order valence-corrected chi connectivity index (χ0v) is 15.4. The molecule has 2 aromatic rings. The molecule has 6 heteroatoms. The fourth-order valence-electron chi connectivity index (χ4n) is 3.24. The van der Waals surface area contributed by atoms with Crippen LogP contribution in [0.2, 0.25) is 0 Å². The third kappa shape index (κ3) is 2.92. The van der Waals surface area contributed by atoms with Gasteiger partial charge in [-0.1, -0.05) is 33.8 Å². The van der Waals surface area contributed by atoms with Crippen molar-refractivity contribution in [3.63, 3.8) is 0 Å². The predicted octanol–water partition coefficient (Wildman–Crippen LogP) is 3.59. The number of aromatic hydroxyl groups is 2.